The number of fused-ring (bicyclic) bond motifs is 4. The van der Waals surface area contributed by atoms with E-state index in [2.05, 4.69) is 54.6 Å². The van der Waals surface area contributed by atoms with Crippen LogP contribution in [0.25, 0.3) is 10.1 Å². The molecule has 1 aromatic heterocycles. The molecule has 0 radical (unpaired) electrons. The molecule has 1 aliphatic carbocycles. The maximum Gasteiger partial charge on any atom is 0.227 e. The summed E-state index contributed by atoms with van der Waals surface area (Å²) < 4.78 is 7.43. The number of hydrogen-bond donors (Lipinski definition) is 0. The van der Waals surface area contributed by atoms with E-state index in [-0.39, 0.29) is 12.1 Å². The Morgan fingerprint density at radius 1 is 1.05 bits per heavy atom. The van der Waals surface area contributed by atoms with Crippen LogP contribution >= 0.6 is 11.3 Å². The van der Waals surface area contributed by atoms with E-state index in [1.165, 1.54) is 21.2 Å². The standard InChI is InChI=1S/C18H13NOS/c1-3-7-13-11(5-1)9-14-17(13)19-18(20-14)16-10-12-6-2-4-8-15(12)21-16/h1-8,10,14,17H,9H2/t14-,17+/m0/s1. The Kier molecular flexibility index (Phi) is 2.29. The molecule has 2 atom stereocenters. The lowest BCUT2D eigenvalue weighted by Gasteiger charge is -2.07. The normalized spacial score (nSPS) is 22.8. The van der Waals surface area contributed by atoms with Gasteiger partial charge in [-0.15, -0.1) is 11.3 Å². The van der Waals surface area contributed by atoms with Gasteiger partial charge in [0.1, 0.15) is 12.1 Å². The highest BCUT2D eigenvalue weighted by Gasteiger charge is 2.39. The minimum Gasteiger partial charge on any atom is -0.471 e. The molecule has 0 spiro atoms. The second-order valence-corrected chi connectivity index (χ2v) is 6.67. The van der Waals surface area contributed by atoms with Crippen LogP contribution < -0.4 is 0 Å². The van der Waals surface area contributed by atoms with Crippen molar-refractivity contribution in [1.82, 2.24) is 0 Å². The lowest BCUT2D eigenvalue weighted by atomic mass is 10.1. The van der Waals surface area contributed by atoms with Crippen molar-refractivity contribution >= 4 is 27.3 Å². The third-order valence-corrected chi connectivity index (χ3v) is 5.41. The number of nitrogens with zero attached hydrogens (tertiary/aromatic N) is 1. The van der Waals surface area contributed by atoms with Crippen molar-refractivity contribution in [2.45, 2.75) is 18.6 Å². The first-order chi connectivity index (χ1) is 10.4. The SMILES string of the molecule is c1ccc2c(c1)C[C@@H]1OC(c3cc4ccccc4s3)=N[C@H]21. The number of aliphatic imine (C=N–C) groups is 1. The van der Waals surface area contributed by atoms with E-state index in [1.807, 2.05) is 0 Å². The average molecular weight is 291 g/mol. The number of ether oxygens (including phenoxy) is 1. The molecule has 0 bridgehead atoms. The summed E-state index contributed by atoms with van der Waals surface area (Å²) >= 11 is 1.76. The quantitative estimate of drug-likeness (QED) is 0.653. The molecule has 0 amide bonds. The largest absolute Gasteiger partial charge is 0.471 e. The molecule has 0 N–H and O–H groups in total. The Morgan fingerprint density at radius 2 is 1.90 bits per heavy atom. The fourth-order valence-electron chi connectivity index (χ4n) is 3.31. The molecule has 2 aromatic carbocycles. The molecule has 3 heteroatoms. The van der Waals surface area contributed by atoms with Crippen LogP contribution in [-0.2, 0) is 11.2 Å². The number of benzene rings is 2. The van der Waals surface area contributed by atoms with Gasteiger partial charge in [-0.25, -0.2) is 4.99 Å². The lowest BCUT2D eigenvalue weighted by molar-refractivity contribution is 0.207. The summed E-state index contributed by atoms with van der Waals surface area (Å²) in [6.07, 6.45) is 1.15. The molecule has 102 valence electrons. The maximum absolute atomic E-state index is 6.14. The average Bonchev–Trinajstić information content (AvgIpc) is 3.18. The van der Waals surface area contributed by atoms with E-state index < -0.39 is 0 Å². The first-order valence-corrected chi connectivity index (χ1v) is 8.01. The van der Waals surface area contributed by atoms with Crippen molar-refractivity contribution in [3.63, 3.8) is 0 Å². The minimum atomic E-state index is 0.182. The van der Waals surface area contributed by atoms with Gasteiger partial charge in [-0.05, 0) is 28.6 Å². The summed E-state index contributed by atoms with van der Waals surface area (Å²) in [4.78, 5) is 6.00. The van der Waals surface area contributed by atoms with Crippen molar-refractivity contribution < 1.29 is 4.74 Å². The van der Waals surface area contributed by atoms with Gasteiger partial charge in [-0.3, -0.25) is 0 Å². The van der Waals surface area contributed by atoms with E-state index in [4.69, 9.17) is 9.73 Å². The zero-order chi connectivity index (χ0) is 13.8. The van der Waals surface area contributed by atoms with Gasteiger partial charge in [0.05, 0.1) is 4.88 Å². The lowest BCUT2D eigenvalue weighted by Crippen LogP contribution is -2.12. The Labute approximate surface area is 126 Å². The van der Waals surface area contributed by atoms with Crippen LogP contribution in [0.2, 0.25) is 0 Å². The molecule has 2 aliphatic rings. The van der Waals surface area contributed by atoms with Crippen molar-refractivity contribution in [2.24, 2.45) is 4.99 Å². The van der Waals surface area contributed by atoms with E-state index in [0.717, 1.165) is 17.2 Å². The molecule has 21 heavy (non-hydrogen) atoms. The third-order valence-electron chi connectivity index (χ3n) is 4.30. The Bertz CT molecular complexity index is 847. The Hall–Kier alpha value is -2.13. The number of hydrogen-bond acceptors (Lipinski definition) is 3. The van der Waals surface area contributed by atoms with Crippen LogP contribution in [0.4, 0.5) is 0 Å². The van der Waals surface area contributed by atoms with Crippen molar-refractivity contribution in [1.29, 1.82) is 0 Å². The van der Waals surface area contributed by atoms with Gasteiger partial charge in [0, 0.05) is 11.1 Å². The van der Waals surface area contributed by atoms with E-state index >= 15 is 0 Å². The van der Waals surface area contributed by atoms with Gasteiger partial charge >= 0.3 is 0 Å². The van der Waals surface area contributed by atoms with Crippen LogP contribution in [0.5, 0.6) is 0 Å². The van der Waals surface area contributed by atoms with Crippen LogP contribution in [0.3, 0.4) is 0 Å². The van der Waals surface area contributed by atoms with Crippen molar-refractivity contribution in [3.05, 3.63) is 70.6 Å². The van der Waals surface area contributed by atoms with Crippen LogP contribution in [0.15, 0.2) is 59.6 Å². The highest BCUT2D eigenvalue weighted by atomic mass is 32.1. The molecule has 0 fully saturated rings. The summed E-state index contributed by atoms with van der Waals surface area (Å²) in [5.41, 5.74) is 2.71. The fraction of sp³-hybridized carbons (Fsp3) is 0.167. The molecule has 5 rings (SSSR count). The zero-order valence-corrected chi connectivity index (χ0v) is 12.1. The molecule has 2 nitrogen and oxygen atoms in total. The number of thiophene rings is 1. The zero-order valence-electron chi connectivity index (χ0n) is 11.3. The highest BCUT2D eigenvalue weighted by Crippen LogP contribution is 2.41. The van der Waals surface area contributed by atoms with Gasteiger partial charge in [0.25, 0.3) is 0 Å². The predicted molar refractivity (Wildman–Crippen MR) is 86.1 cm³/mol. The Morgan fingerprint density at radius 3 is 2.86 bits per heavy atom. The molecule has 0 unspecified atom stereocenters. The van der Waals surface area contributed by atoms with Gasteiger partial charge < -0.3 is 4.74 Å². The predicted octanol–water partition coefficient (Wildman–Crippen LogP) is 4.34. The first kappa shape index (κ1) is 11.5. The van der Waals surface area contributed by atoms with Gasteiger partial charge in [-0.2, -0.15) is 0 Å². The second kappa shape index (κ2) is 4.18. The second-order valence-electron chi connectivity index (χ2n) is 5.59. The number of rotatable bonds is 1. The van der Waals surface area contributed by atoms with Gasteiger partial charge in [0.15, 0.2) is 0 Å². The molecular weight excluding hydrogens is 278 g/mol. The summed E-state index contributed by atoms with van der Waals surface area (Å²) in [7, 11) is 0. The molecule has 2 heterocycles. The first-order valence-electron chi connectivity index (χ1n) is 7.20. The molecule has 0 saturated heterocycles. The summed E-state index contributed by atoms with van der Waals surface area (Å²) in [5.74, 6) is 0.820. The summed E-state index contributed by atoms with van der Waals surface area (Å²) in [5, 5.41) is 1.27. The summed E-state index contributed by atoms with van der Waals surface area (Å²) in [6, 6.07) is 19.4. The maximum atomic E-state index is 6.14. The van der Waals surface area contributed by atoms with E-state index in [1.54, 1.807) is 11.3 Å². The van der Waals surface area contributed by atoms with Gasteiger partial charge in [-0.1, -0.05) is 42.5 Å². The summed E-state index contributed by atoms with van der Waals surface area (Å²) in [6.45, 7) is 0. The molecule has 3 aromatic rings. The van der Waals surface area contributed by atoms with Crippen molar-refractivity contribution in [2.75, 3.05) is 0 Å². The highest BCUT2D eigenvalue weighted by molar-refractivity contribution is 7.20. The topological polar surface area (TPSA) is 21.6 Å². The molecular formula is C18H13NOS. The fourth-order valence-corrected chi connectivity index (χ4v) is 4.31. The van der Waals surface area contributed by atoms with Crippen LogP contribution in [0.1, 0.15) is 22.0 Å². The van der Waals surface area contributed by atoms with Crippen LogP contribution in [0, 0.1) is 0 Å². The van der Waals surface area contributed by atoms with Crippen molar-refractivity contribution in [3.8, 4) is 0 Å². The monoisotopic (exact) mass is 291 g/mol. The minimum absolute atomic E-state index is 0.182. The molecule has 1 aliphatic heterocycles. The van der Waals surface area contributed by atoms with E-state index in [9.17, 15) is 0 Å². The van der Waals surface area contributed by atoms with Crippen LogP contribution in [-0.4, -0.2) is 12.0 Å². The van der Waals surface area contributed by atoms with Gasteiger partial charge in [0.2, 0.25) is 5.90 Å². The molecule has 0 saturated carbocycles. The third kappa shape index (κ3) is 1.67. The van der Waals surface area contributed by atoms with E-state index in [0.29, 0.717) is 0 Å². The smallest absolute Gasteiger partial charge is 0.227 e. The Balaban J connectivity index is 1.58.